The summed E-state index contributed by atoms with van der Waals surface area (Å²) in [6.45, 7) is 0. The molecule has 0 radical (unpaired) electrons. The lowest BCUT2D eigenvalue weighted by atomic mass is 9.76. The molecule has 2 fully saturated rings. The molecule has 80 valence electrons. The van der Waals surface area contributed by atoms with Crippen LogP contribution >= 0.6 is 11.8 Å². The van der Waals surface area contributed by atoms with E-state index in [0.717, 1.165) is 12.8 Å². The summed E-state index contributed by atoms with van der Waals surface area (Å²) in [4.78, 5) is 1.30. The SMILES string of the molecule is OC1(C2(Sc3ccccc3)CC2)CCC1. The van der Waals surface area contributed by atoms with Crippen molar-refractivity contribution in [2.75, 3.05) is 0 Å². The molecule has 15 heavy (non-hydrogen) atoms. The Morgan fingerprint density at radius 1 is 1.00 bits per heavy atom. The van der Waals surface area contributed by atoms with Gasteiger partial charge < -0.3 is 5.11 Å². The maximum absolute atomic E-state index is 10.4. The first-order chi connectivity index (χ1) is 7.24. The average molecular weight is 220 g/mol. The molecule has 1 N–H and O–H groups in total. The van der Waals surface area contributed by atoms with Gasteiger partial charge in [0.25, 0.3) is 0 Å². The minimum Gasteiger partial charge on any atom is -0.388 e. The van der Waals surface area contributed by atoms with Gasteiger partial charge in [0.2, 0.25) is 0 Å². The Labute approximate surface area is 94.9 Å². The molecule has 0 amide bonds. The molecule has 3 rings (SSSR count). The Bertz CT molecular complexity index is 352. The van der Waals surface area contributed by atoms with Gasteiger partial charge >= 0.3 is 0 Å². The number of rotatable bonds is 3. The van der Waals surface area contributed by atoms with Crippen molar-refractivity contribution in [1.82, 2.24) is 0 Å². The number of hydrogen-bond donors (Lipinski definition) is 1. The van der Waals surface area contributed by atoms with Crippen LogP contribution in [0.1, 0.15) is 32.1 Å². The average Bonchev–Trinajstić information content (AvgIpc) is 2.97. The molecule has 0 saturated heterocycles. The summed E-state index contributed by atoms with van der Waals surface area (Å²) in [5.74, 6) is 0. The lowest BCUT2D eigenvalue weighted by Crippen LogP contribution is -2.48. The van der Waals surface area contributed by atoms with Crippen LogP contribution in [0.5, 0.6) is 0 Å². The van der Waals surface area contributed by atoms with E-state index in [9.17, 15) is 5.11 Å². The molecular weight excluding hydrogens is 204 g/mol. The molecular formula is C13H16OS. The first-order valence-corrected chi connectivity index (χ1v) is 6.52. The summed E-state index contributed by atoms with van der Waals surface area (Å²) in [6, 6.07) is 10.5. The van der Waals surface area contributed by atoms with Crippen molar-refractivity contribution >= 4 is 11.8 Å². The quantitative estimate of drug-likeness (QED) is 0.844. The van der Waals surface area contributed by atoms with Gasteiger partial charge in [-0.15, -0.1) is 11.8 Å². The van der Waals surface area contributed by atoms with Crippen molar-refractivity contribution < 1.29 is 5.11 Å². The highest BCUT2D eigenvalue weighted by molar-refractivity contribution is 8.01. The van der Waals surface area contributed by atoms with E-state index < -0.39 is 0 Å². The highest BCUT2D eigenvalue weighted by Gasteiger charge is 2.61. The van der Waals surface area contributed by atoms with Crippen molar-refractivity contribution in [3.8, 4) is 0 Å². The fourth-order valence-electron chi connectivity index (χ4n) is 2.46. The van der Waals surface area contributed by atoms with Crippen LogP contribution in [0.3, 0.4) is 0 Å². The van der Waals surface area contributed by atoms with Crippen LogP contribution in [0.2, 0.25) is 0 Å². The zero-order chi connectivity index (χ0) is 10.4. The molecule has 1 aromatic rings. The van der Waals surface area contributed by atoms with Gasteiger partial charge in [0, 0.05) is 9.64 Å². The van der Waals surface area contributed by atoms with Crippen LogP contribution in [0.25, 0.3) is 0 Å². The van der Waals surface area contributed by atoms with E-state index in [4.69, 9.17) is 0 Å². The van der Waals surface area contributed by atoms with Crippen LogP contribution in [0.15, 0.2) is 35.2 Å². The lowest BCUT2D eigenvalue weighted by molar-refractivity contribution is -0.0413. The van der Waals surface area contributed by atoms with Gasteiger partial charge in [0.15, 0.2) is 0 Å². The number of aliphatic hydroxyl groups is 1. The first kappa shape index (κ1) is 9.73. The molecule has 2 heteroatoms. The van der Waals surface area contributed by atoms with E-state index in [1.165, 1.54) is 24.2 Å². The van der Waals surface area contributed by atoms with Crippen LogP contribution in [0.4, 0.5) is 0 Å². The monoisotopic (exact) mass is 220 g/mol. The zero-order valence-corrected chi connectivity index (χ0v) is 9.59. The Kier molecular flexibility index (Phi) is 2.12. The third kappa shape index (κ3) is 1.51. The summed E-state index contributed by atoms with van der Waals surface area (Å²) in [6.07, 6.45) is 5.58. The maximum Gasteiger partial charge on any atom is 0.0797 e. The second-order valence-electron chi connectivity index (χ2n) is 4.79. The van der Waals surface area contributed by atoms with E-state index in [2.05, 4.69) is 24.3 Å². The molecule has 0 bridgehead atoms. The van der Waals surface area contributed by atoms with Crippen LogP contribution < -0.4 is 0 Å². The van der Waals surface area contributed by atoms with E-state index in [1.54, 1.807) is 0 Å². The van der Waals surface area contributed by atoms with Crippen LogP contribution in [-0.4, -0.2) is 15.5 Å². The van der Waals surface area contributed by atoms with Crippen molar-refractivity contribution in [1.29, 1.82) is 0 Å². The fourth-order valence-corrected chi connectivity index (χ4v) is 3.90. The van der Waals surface area contributed by atoms with Crippen LogP contribution in [-0.2, 0) is 0 Å². The van der Waals surface area contributed by atoms with Crippen molar-refractivity contribution in [2.45, 2.75) is 47.3 Å². The van der Waals surface area contributed by atoms with E-state index in [1.807, 2.05) is 17.8 Å². The molecule has 2 aliphatic carbocycles. The van der Waals surface area contributed by atoms with E-state index in [-0.39, 0.29) is 10.3 Å². The molecule has 2 aliphatic rings. The normalized spacial score (nSPS) is 25.7. The van der Waals surface area contributed by atoms with Gasteiger partial charge in [-0.1, -0.05) is 18.2 Å². The van der Waals surface area contributed by atoms with Gasteiger partial charge in [0.1, 0.15) is 0 Å². The largest absolute Gasteiger partial charge is 0.388 e. The predicted octanol–water partition coefficient (Wildman–Crippen LogP) is 3.23. The zero-order valence-electron chi connectivity index (χ0n) is 8.78. The molecule has 0 spiro atoms. The summed E-state index contributed by atoms with van der Waals surface area (Å²) in [5, 5.41) is 10.4. The topological polar surface area (TPSA) is 20.2 Å². The Morgan fingerprint density at radius 3 is 2.13 bits per heavy atom. The maximum atomic E-state index is 10.4. The molecule has 0 heterocycles. The molecule has 0 unspecified atom stereocenters. The van der Waals surface area contributed by atoms with Gasteiger partial charge in [-0.3, -0.25) is 0 Å². The molecule has 0 atom stereocenters. The third-order valence-corrected chi connectivity index (χ3v) is 5.48. The summed E-state index contributed by atoms with van der Waals surface area (Å²) >= 11 is 1.89. The minimum absolute atomic E-state index is 0.159. The lowest BCUT2D eigenvalue weighted by Gasteiger charge is -2.43. The van der Waals surface area contributed by atoms with E-state index >= 15 is 0 Å². The number of benzene rings is 1. The minimum atomic E-state index is -0.354. The Hall–Kier alpha value is -0.470. The van der Waals surface area contributed by atoms with Crippen molar-refractivity contribution in [2.24, 2.45) is 0 Å². The number of hydrogen-bond acceptors (Lipinski definition) is 2. The van der Waals surface area contributed by atoms with Gasteiger partial charge in [-0.2, -0.15) is 0 Å². The predicted molar refractivity (Wildman–Crippen MR) is 63.1 cm³/mol. The van der Waals surface area contributed by atoms with Crippen molar-refractivity contribution in [3.05, 3.63) is 30.3 Å². The number of thioether (sulfide) groups is 1. The Morgan fingerprint density at radius 2 is 1.67 bits per heavy atom. The fraction of sp³-hybridized carbons (Fsp3) is 0.538. The van der Waals surface area contributed by atoms with Gasteiger partial charge in [0.05, 0.1) is 5.60 Å². The second kappa shape index (κ2) is 3.26. The highest BCUT2D eigenvalue weighted by atomic mass is 32.2. The Balaban J connectivity index is 1.78. The standard InChI is InChI=1S/C13H16OS/c14-12(7-4-8-12)13(9-10-13)15-11-5-2-1-3-6-11/h1-3,5-6,14H,4,7-10H2. The summed E-state index contributed by atoms with van der Waals surface area (Å²) < 4.78 is 0.159. The highest BCUT2D eigenvalue weighted by Crippen LogP contribution is 2.63. The molecule has 1 aromatic carbocycles. The molecule has 0 aromatic heterocycles. The molecule has 2 saturated carbocycles. The second-order valence-corrected chi connectivity index (χ2v) is 6.25. The third-order valence-electron chi connectivity index (χ3n) is 3.79. The van der Waals surface area contributed by atoms with E-state index in [0.29, 0.717) is 0 Å². The molecule has 1 nitrogen and oxygen atoms in total. The smallest absolute Gasteiger partial charge is 0.0797 e. The van der Waals surface area contributed by atoms with Gasteiger partial charge in [-0.25, -0.2) is 0 Å². The summed E-state index contributed by atoms with van der Waals surface area (Å²) in [7, 11) is 0. The summed E-state index contributed by atoms with van der Waals surface area (Å²) in [5.41, 5.74) is -0.354. The van der Waals surface area contributed by atoms with Crippen molar-refractivity contribution in [3.63, 3.8) is 0 Å². The first-order valence-electron chi connectivity index (χ1n) is 5.71. The van der Waals surface area contributed by atoms with Gasteiger partial charge in [-0.05, 0) is 44.2 Å². The molecule has 0 aliphatic heterocycles. The van der Waals surface area contributed by atoms with Crippen LogP contribution in [0, 0.1) is 0 Å².